The highest BCUT2D eigenvalue weighted by Gasteiger charge is 2.18. The maximum Gasteiger partial charge on any atom is 0.338 e. The van der Waals surface area contributed by atoms with Gasteiger partial charge in [0.15, 0.2) is 0 Å². The predicted molar refractivity (Wildman–Crippen MR) is 55.6 cm³/mol. The molecule has 1 rings (SSSR count). The van der Waals surface area contributed by atoms with E-state index in [2.05, 4.69) is 4.74 Å². The Morgan fingerprint density at radius 3 is 2.86 bits per heavy atom. The molecule has 1 unspecified atom stereocenters. The van der Waals surface area contributed by atoms with Crippen LogP contribution in [0.3, 0.4) is 0 Å². The molecule has 78 valence electrons. The maximum atomic E-state index is 11.3. The third-order valence-electron chi connectivity index (χ3n) is 2.17. The van der Waals surface area contributed by atoms with E-state index >= 15 is 0 Å². The molecule has 4 heteroatoms. The van der Waals surface area contributed by atoms with Gasteiger partial charge in [-0.1, -0.05) is 6.92 Å². The number of esters is 1. The van der Waals surface area contributed by atoms with Crippen molar-refractivity contribution < 1.29 is 14.6 Å². The Morgan fingerprint density at radius 1 is 1.71 bits per heavy atom. The second-order valence-electron chi connectivity index (χ2n) is 3.05. The van der Waals surface area contributed by atoms with Crippen LogP contribution in [-0.4, -0.2) is 18.2 Å². The Balaban J connectivity index is 3.02. The number of methoxy groups -OCH3 is 1. The Morgan fingerprint density at radius 2 is 2.36 bits per heavy atom. The van der Waals surface area contributed by atoms with Gasteiger partial charge >= 0.3 is 5.97 Å². The molecular weight excluding hydrogens is 200 g/mol. The third-order valence-corrected chi connectivity index (χ3v) is 3.36. The van der Waals surface area contributed by atoms with Gasteiger partial charge in [0, 0.05) is 10.3 Å². The van der Waals surface area contributed by atoms with E-state index in [0.717, 1.165) is 10.4 Å². The zero-order valence-corrected chi connectivity index (χ0v) is 9.35. The fourth-order valence-electron chi connectivity index (χ4n) is 1.26. The van der Waals surface area contributed by atoms with Crippen molar-refractivity contribution in [3.63, 3.8) is 0 Å². The fourth-order valence-corrected chi connectivity index (χ4v) is 2.39. The minimum absolute atomic E-state index is 0.340. The van der Waals surface area contributed by atoms with Crippen molar-refractivity contribution in [1.29, 1.82) is 0 Å². The first-order chi connectivity index (χ1) is 6.61. The minimum atomic E-state index is -0.474. The first-order valence-electron chi connectivity index (χ1n) is 4.46. The molecule has 0 aliphatic carbocycles. The lowest BCUT2D eigenvalue weighted by molar-refractivity contribution is 0.0600. The van der Waals surface area contributed by atoms with Crippen LogP contribution in [0.25, 0.3) is 0 Å². The van der Waals surface area contributed by atoms with E-state index in [1.165, 1.54) is 18.4 Å². The second kappa shape index (κ2) is 4.57. The summed E-state index contributed by atoms with van der Waals surface area (Å²) in [5, 5.41) is 11.4. The van der Waals surface area contributed by atoms with Crippen molar-refractivity contribution >= 4 is 17.3 Å². The van der Waals surface area contributed by atoms with Gasteiger partial charge in [-0.2, -0.15) is 0 Å². The van der Waals surface area contributed by atoms with Crippen LogP contribution in [0.4, 0.5) is 0 Å². The molecule has 0 radical (unpaired) electrons. The number of hydrogen-bond acceptors (Lipinski definition) is 4. The summed E-state index contributed by atoms with van der Waals surface area (Å²) < 4.78 is 4.63. The minimum Gasteiger partial charge on any atom is -0.465 e. The topological polar surface area (TPSA) is 46.5 Å². The number of carbonyl (C=O) groups excluding carboxylic acids is 1. The fraction of sp³-hybridized carbons (Fsp3) is 0.500. The van der Waals surface area contributed by atoms with Crippen LogP contribution in [-0.2, 0) is 4.74 Å². The number of ether oxygens (including phenoxy) is 1. The van der Waals surface area contributed by atoms with Gasteiger partial charge in [-0.15, -0.1) is 11.3 Å². The highest BCUT2D eigenvalue weighted by Crippen LogP contribution is 2.29. The summed E-state index contributed by atoms with van der Waals surface area (Å²) in [7, 11) is 1.36. The normalized spacial score (nSPS) is 12.6. The van der Waals surface area contributed by atoms with E-state index < -0.39 is 6.10 Å². The van der Waals surface area contributed by atoms with Crippen LogP contribution in [0, 0.1) is 6.92 Å². The molecule has 1 N–H and O–H groups in total. The Kier molecular flexibility index (Phi) is 3.66. The zero-order valence-electron chi connectivity index (χ0n) is 8.53. The maximum absolute atomic E-state index is 11.3. The van der Waals surface area contributed by atoms with E-state index in [0.29, 0.717) is 12.0 Å². The average Bonchev–Trinajstić information content (AvgIpc) is 2.58. The molecule has 3 nitrogen and oxygen atoms in total. The summed E-state index contributed by atoms with van der Waals surface area (Å²) in [6.07, 6.45) is 0.181. The number of aliphatic hydroxyl groups excluding tert-OH is 1. The van der Waals surface area contributed by atoms with E-state index in [9.17, 15) is 9.90 Å². The van der Waals surface area contributed by atoms with Crippen LogP contribution >= 0.6 is 11.3 Å². The molecule has 0 aliphatic heterocycles. The van der Waals surface area contributed by atoms with E-state index in [1.54, 1.807) is 5.38 Å². The van der Waals surface area contributed by atoms with E-state index in [-0.39, 0.29) is 5.97 Å². The number of aliphatic hydroxyl groups is 1. The van der Waals surface area contributed by atoms with Gasteiger partial charge in [0.2, 0.25) is 0 Å². The SMILES string of the molecule is CCC(O)c1scc(C(=O)OC)c1C. The lowest BCUT2D eigenvalue weighted by Gasteiger charge is -2.06. The molecule has 1 atom stereocenters. The molecule has 0 aromatic carbocycles. The van der Waals surface area contributed by atoms with Crippen molar-refractivity contribution in [1.82, 2.24) is 0 Å². The van der Waals surface area contributed by atoms with Crippen LogP contribution in [0.5, 0.6) is 0 Å². The van der Waals surface area contributed by atoms with Crippen LogP contribution in [0.15, 0.2) is 5.38 Å². The van der Waals surface area contributed by atoms with Crippen LogP contribution in [0.2, 0.25) is 0 Å². The van der Waals surface area contributed by atoms with Gasteiger partial charge in [-0.05, 0) is 18.9 Å². The van der Waals surface area contributed by atoms with Gasteiger partial charge in [0.25, 0.3) is 0 Å². The molecule has 0 amide bonds. The summed E-state index contributed by atoms with van der Waals surface area (Å²) >= 11 is 1.40. The molecule has 0 fully saturated rings. The smallest absolute Gasteiger partial charge is 0.338 e. The molecule has 0 spiro atoms. The molecule has 1 aromatic rings. The van der Waals surface area contributed by atoms with E-state index in [4.69, 9.17) is 0 Å². The van der Waals surface area contributed by atoms with Crippen molar-refractivity contribution in [2.75, 3.05) is 7.11 Å². The number of carbonyl (C=O) groups is 1. The number of thiophene rings is 1. The molecule has 1 heterocycles. The highest BCUT2D eigenvalue weighted by molar-refractivity contribution is 7.10. The zero-order chi connectivity index (χ0) is 10.7. The number of hydrogen-bond donors (Lipinski definition) is 1. The van der Waals surface area contributed by atoms with Crippen molar-refractivity contribution in [3.8, 4) is 0 Å². The average molecular weight is 214 g/mol. The first kappa shape index (κ1) is 11.2. The van der Waals surface area contributed by atoms with Crippen molar-refractivity contribution in [3.05, 3.63) is 21.4 Å². The van der Waals surface area contributed by atoms with Crippen molar-refractivity contribution in [2.24, 2.45) is 0 Å². The molecule has 1 aromatic heterocycles. The lowest BCUT2D eigenvalue weighted by atomic mass is 10.1. The van der Waals surface area contributed by atoms with Crippen molar-refractivity contribution in [2.45, 2.75) is 26.4 Å². The molecular formula is C10H14O3S. The Labute approximate surface area is 87.3 Å². The summed E-state index contributed by atoms with van der Waals surface area (Å²) in [5.41, 5.74) is 1.39. The molecule has 0 aliphatic rings. The molecule has 0 saturated carbocycles. The van der Waals surface area contributed by atoms with Crippen LogP contribution < -0.4 is 0 Å². The van der Waals surface area contributed by atoms with Crippen LogP contribution in [0.1, 0.15) is 40.2 Å². The summed E-state index contributed by atoms with van der Waals surface area (Å²) in [6.45, 7) is 3.73. The number of rotatable bonds is 3. The highest BCUT2D eigenvalue weighted by atomic mass is 32.1. The second-order valence-corrected chi connectivity index (χ2v) is 3.97. The Hall–Kier alpha value is -0.870. The Bertz CT molecular complexity index is 330. The predicted octanol–water partition coefficient (Wildman–Crippen LogP) is 2.29. The van der Waals surface area contributed by atoms with Gasteiger partial charge in [0.05, 0.1) is 18.8 Å². The van der Waals surface area contributed by atoms with Gasteiger partial charge in [-0.25, -0.2) is 4.79 Å². The third kappa shape index (κ3) is 1.96. The quantitative estimate of drug-likeness (QED) is 0.785. The standard InChI is InChI=1S/C10H14O3S/c1-4-8(11)9-6(2)7(5-14-9)10(12)13-3/h5,8,11H,4H2,1-3H3. The summed E-state index contributed by atoms with van der Waals surface area (Å²) in [4.78, 5) is 12.1. The monoisotopic (exact) mass is 214 g/mol. The summed E-state index contributed by atoms with van der Waals surface area (Å²) in [6, 6.07) is 0. The van der Waals surface area contributed by atoms with Gasteiger partial charge in [0.1, 0.15) is 0 Å². The first-order valence-corrected chi connectivity index (χ1v) is 5.34. The van der Waals surface area contributed by atoms with Gasteiger partial charge < -0.3 is 9.84 Å². The van der Waals surface area contributed by atoms with E-state index in [1.807, 2.05) is 13.8 Å². The molecule has 0 saturated heterocycles. The lowest BCUT2D eigenvalue weighted by Crippen LogP contribution is -2.02. The molecule has 14 heavy (non-hydrogen) atoms. The summed E-state index contributed by atoms with van der Waals surface area (Å²) in [5.74, 6) is -0.340. The molecule has 0 bridgehead atoms. The van der Waals surface area contributed by atoms with Gasteiger partial charge in [-0.3, -0.25) is 0 Å². The largest absolute Gasteiger partial charge is 0.465 e.